The molecule has 1 amide bonds. The number of rotatable bonds is 4. The summed E-state index contributed by atoms with van der Waals surface area (Å²) in [5.41, 5.74) is 2.47. The van der Waals surface area contributed by atoms with Gasteiger partial charge in [-0.2, -0.15) is 0 Å². The fourth-order valence-corrected chi connectivity index (χ4v) is 4.59. The molecule has 1 aromatic heterocycles. The number of hydrogen-bond donors (Lipinski definition) is 3. The molecular weight excluding hydrogens is 340 g/mol. The summed E-state index contributed by atoms with van der Waals surface area (Å²) in [6, 6.07) is 5.95. The number of carbonyl (C=O) groups is 1. The van der Waals surface area contributed by atoms with Crippen LogP contribution in [0, 0.1) is 5.92 Å². The summed E-state index contributed by atoms with van der Waals surface area (Å²) >= 11 is 0. The van der Waals surface area contributed by atoms with E-state index >= 15 is 0 Å². The van der Waals surface area contributed by atoms with Gasteiger partial charge in [0.25, 0.3) is 0 Å². The predicted molar refractivity (Wildman–Crippen MR) is 106 cm³/mol. The number of piperazine rings is 1. The normalized spacial score (nSPS) is 28.9. The molecule has 7 heteroatoms. The highest BCUT2D eigenvalue weighted by atomic mass is 16.2. The largest absolute Gasteiger partial charge is 0.341 e. The van der Waals surface area contributed by atoms with Crippen LogP contribution in [0.3, 0.4) is 0 Å². The second-order valence-corrected chi connectivity index (χ2v) is 8.39. The first-order valence-corrected chi connectivity index (χ1v) is 10.1. The molecule has 2 saturated heterocycles. The first-order chi connectivity index (χ1) is 13.1. The minimum atomic E-state index is -0.312. The number of piperidine rings is 1. The highest BCUT2D eigenvalue weighted by molar-refractivity contribution is 6.01. The van der Waals surface area contributed by atoms with Crippen LogP contribution in [-0.4, -0.2) is 71.0 Å². The van der Waals surface area contributed by atoms with Gasteiger partial charge >= 0.3 is 0 Å². The number of benzene rings is 1. The first kappa shape index (κ1) is 17.2. The fraction of sp³-hybridized carbons (Fsp3) is 0.600. The molecule has 1 aliphatic carbocycles. The van der Waals surface area contributed by atoms with Crippen molar-refractivity contribution in [2.24, 2.45) is 5.92 Å². The van der Waals surface area contributed by atoms with Gasteiger partial charge in [0.15, 0.2) is 0 Å². The van der Waals surface area contributed by atoms with E-state index in [-0.39, 0.29) is 11.4 Å². The molecule has 2 atom stereocenters. The van der Waals surface area contributed by atoms with Crippen LogP contribution in [0.2, 0.25) is 0 Å². The van der Waals surface area contributed by atoms with E-state index in [0.29, 0.717) is 5.92 Å². The maximum absolute atomic E-state index is 12.8. The number of likely N-dealkylation sites (N-methyl/N-ethyl adjacent to an activating group) is 1. The van der Waals surface area contributed by atoms with Crippen molar-refractivity contribution in [3.05, 3.63) is 24.0 Å². The molecule has 0 bridgehead atoms. The van der Waals surface area contributed by atoms with Crippen molar-refractivity contribution < 1.29 is 4.79 Å². The van der Waals surface area contributed by atoms with Crippen LogP contribution in [0.4, 0.5) is 5.69 Å². The number of anilines is 1. The van der Waals surface area contributed by atoms with Crippen LogP contribution in [0.5, 0.6) is 0 Å². The Morgan fingerprint density at radius 2 is 2.19 bits per heavy atom. The summed E-state index contributed by atoms with van der Waals surface area (Å²) < 4.78 is 0. The van der Waals surface area contributed by atoms with Crippen molar-refractivity contribution in [2.45, 2.75) is 31.3 Å². The first-order valence-electron chi connectivity index (χ1n) is 10.1. The Morgan fingerprint density at radius 1 is 1.33 bits per heavy atom. The van der Waals surface area contributed by atoms with Crippen LogP contribution in [-0.2, 0) is 11.3 Å². The Morgan fingerprint density at radius 3 is 3.00 bits per heavy atom. The number of H-pyrrole nitrogens is 1. The number of nitrogens with one attached hydrogen (secondary N) is 3. The van der Waals surface area contributed by atoms with Crippen molar-refractivity contribution in [3.63, 3.8) is 0 Å². The molecule has 0 spiro atoms. The average molecular weight is 368 g/mol. The fourth-order valence-electron chi connectivity index (χ4n) is 4.59. The Bertz CT molecular complexity index is 855. The van der Waals surface area contributed by atoms with Gasteiger partial charge in [0.1, 0.15) is 11.4 Å². The van der Waals surface area contributed by atoms with Gasteiger partial charge in [-0.15, -0.1) is 0 Å². The lowest BCUT2D eigenvalue weighted by molar-refractivity contribution is -0.119. The summed E-state index contributed by atoms with van der Waals surface area (Å²) in [5, 5.41) is 6.55. The Balaban J connectivity index is 1.27. The number of aromatic nitrogens is 2. The van der Waals surface area contributed by atoms with Crippen LogP contribution >= 0.6 is 0 Å². The minimum Gasteiger partial charge on any atom is -0.341 e. The van der Waals surface area contributed by atoms with Crippen LogP contribution in [0.1, 0.15) is 25.1 Å². The summed E-state index contributed by atoms with van der Waals surface area (Å²) in [6.07, 6.45) is 3.31. The average Bonchev–Trinajstić information content (AvgIpc) is 3.30. The van der Waals surface area contributed by atoms with Crippen LogP contribution < -0.4 is 10.6 Å². The molecule has 1 saturated carbocycles. The summed E-state index contributed by atoms with van der Waals surface area (Å²) in [7, 11) is 2.17. The third-order valence-electron chi connectivity index (χ3n) is 6.44. The molecular formula is C20H28N6O. The molecule has 3 fully saturated rings. The molecule has 0 unspecified atom stereocenters. The third kappa shape index (κ3) is 3.24. The number of fused-ring (bicyclic) bond motifs is 2. The van der Waals surface area contributed by atoms with E-state index in [4.69, 9.17) is 4.98 Å². The maximum atomic E-state index is 12.8. The highest BCUT2D eigenvalue weighted by Gasteiger charge is 2.60. The lowest BCUT2D eigenvalue weighted by Gasteiger charge is -2.31. The standard InChI is InChI=1S/C20H28N6O/c1-25-7-9-26(10-8-25)13-18-23-16-5-4-15(11-17(16)24-18)22-19(27)20-12-14(20)3-2-6-21-20/h4-5,11,14,21H,2-3,6-10,12-13H2,1H3,(H,22,27)(H,23,24)/t14-,20+/m1/s1. The topological polar surface area (TPSA) is 76.3 Å². The van der Waals surface area contributed by atoms with Gasteiger partial charge in [0.05, 0.1) is 17.6 Å². The molecule has 2 aromatic rings. The van der Waals surface area contributed by atoms with Crippen molar-refractivity contribution in [1.29, 1.82) is 0 Å². The summed E-state index contributed by atoms with van der Waals surface area (Å²) in [6.45, 7) is 6.15. The van der Waals surface area contributed by atoms with Crippen molar-refractivity contribution in [2.75, 3.05) is 45.1 Å². The van der Waals surface area contributed by atoms with Gasteiger partial charge < -0.3 is 20.5 Å². The molecule has 2 aliphatic heterocycles. The number of nitrogens with zero attached hydrogens (tertiary/aromatic N) is 3. The predicted octanol–water partition coefficient (Wildman–Crippen LogP) is 1.39. The molecule has 3 aliphatic rings. The van der Waals surface area contributed by atoms with Gasteiger partial charge in [0, 0.05) is 31.9 Å². The quantitative estimate of drug-likeness (QED) is 0.760. The second kappa shape index (κ2) is 6.58. The zero-order chi connectivity index (χ0) is 18.4. The molecule has 5 rings (SSSR count). The monoisotopic (exact) mass is 368 g/mol. The van der Waals surface area contributed by atoms with E-state index in [9.17, 15) is 4.79 Å². The second-order valence-electron chi connectivity index (χ2n) is 8.39. The Kier molecular flexibility index (Phi) is 4.18. The Labute approximate surface area is 159 Å². The highest BCUT2D eigenvalue weighted by Crippen LogP contribution is 2.49. The summed E-state index contributed by atoms with van der Waals surface area (Å²) in [4.78, 5) is 25.7. The molecule has 7 nitrogen and oxygen atoms in total. The van der Waals surface area contributed by atoms with Crippen LogP contribution in [0.15, 0.2) is 18.2 Å². The van der Waals surface area contributed by atoms with Gasteiger partial charge in [-0.1, -0.05) is 0 Å². The van der Waals surface area contributed by atoms with E-state index in [1.165, 1.54) is 6.42 Å². The van der Waals surface area contributed by atoms with E-state index in [1.807, 2.05) is 18.2 Å². The van der Waals surface area contributed by atoms with Crippen LogP contribution in [0.25, 0.3) is 11.0 Å². The van der Waals surface area contributed by atoms with E-state index in [1.54, 1.807) is 0 Å². The zero-order valence-corrected chi connectivity index (χ0v) is 15.9. The SMILES string of the molecule is CN1CCN(Cc2nc3ccc(NC(=O)[C@]45C[C@H]4CCCN5)cc3[nH]2)CC1. The molecule has 0 radical (unpaired) electrons. The van der Waals surface area contributed by atoms with Crippen molar-refractivity contribution in [1.82, 2.24) is 25.1 Å². The maximum Gasteiger partial charge on any atom is 0.244 e. The minimum absolute atomic E-state index is 0.115. The molecule has 144 valence electrons. The van der Waals surface area contributed by atoms with Crippen molar-refractivity contribution >= 4 is 22.6 Å². The van der Waals surface area contributed by atoms with E-state index in [2.05, 4.69) is 32.5 Å². The van der Waals surface area contributed by atoms with Gasteiger partial charge in [-0.25, -0.2) is 4.98 Å². The number of imidazole rings is 1. The molecule has 3 N–H and O–H groups in total. The van der Waals surface area contributed by atoms with E-state index < -0.39 is 0 Å². The molecule has 1 aromatic carbocycles. The zero-order valence-electron chi connectivity index (χ0n) is 15.9. The van der Waals surface area contributed by atoms with Crippen molar-refractivity contribution in [3.8, 4) is 0 Å². The number of aromatic amines is 1. The number of hydrogen-bond acceptors (Lipinski definition) is 5. The molecule has 27 heavy (non-hydrogen) atoms. The lowest BCUT2D eigenvalue weighted by atomic mass is 10.0. The molecule has 3 heterocycles. The van der Waals surface area contributed by atoms with Gasteiger partial charge in [-0.05, 0) is 57.0 Å². The smallest absolute Gasteiger partial charge is 0.244 e. The number of amides is 1. The third-order valence-corrected chi connectivity index (χ3v) is 6.44. The Hall–Kier alpha value is -1.96. The van der Waals surface area contributed by atoms with Gasteiger partial charge in [0.2, 0.25) is 5.91 Å². The van der Waals surface area contributed by atoms with Gasteiger partial charge in [-0.3, -0.25) is 9.69 Å². The number of carbonyl (C=O) groups excluding carboxylic acids is 1. The summed E-state index contributed by atoms with van der Waals surface area (Å²) in [5.74, 6) is 1.62. The lowest BCUT2D eigenvalue weighted by Crippen LogP contribution is -2.47. The van der Waals surface area contributed by atoms with E-state index in [0.717, 1.165) is 74.7 Å².